The fourth-order valence-electron chi connectivity index (χ4n) is 2.92. The third kappa shape index (κ3) is 4.11. The maximum absolute atomic E-state index is 9.58. The van der Waals surface area contributed by atoms with Gasteiger partial charge in [0.2, 0.25) is 0 Å². The normalized spacial score (nSPS) is 11.4. The molecule has 0 fully saturated rings. The highest BCUT2D eigenvalue weighted by Crippen LogP contribution is 2.28. The number of rotatable bonds is 5. The Labute approximate surface area is 168 Å². The molecule has 3 aromatic carbocycles. The molecule has 0 amide bonds. The summed E-state index contributed by atoms with van der Waals surface area (Å²) in [6, 6.07) is 26.2. The highest BCUT2D eigenvalue weighted by Gasteiger charge is 2.08. The largest absolute Gasteiger partial charge is 0.489 e. The molecule has 3 nitrogen and oxygen atoms in total. The Morgan fingerprint density at radius 2 is 1.89 bits per heavy atom. The number of aromatic nitrogens is 1. The maximum atomic E-state index is 9.58. The van der Waals surface area contributed by atoms with Crippen molar-refractivity contribution in [2.24, 2.45) is 0 Å². The van der Waals surface area contributed by atoms with Crippen LogP contribution >= 0.6 is 11.3 Å². The van der Waals surface area contributed by atoms with E-state index < -0.39 is 0 Å². The highest BCUT2D eigenvalue weighted by molar-refractivity contribution is 7.19. The van der Waals surface area contributed by atoms with E-state index in [1.54, 1.807) is 0 Å². The van der Waals surface area contributed by atoms with Gasteiger partial charge in [0.05, 0.1) is 15.8 Å². The number of para-hydroxylation sites is 1. The molecule has 0 spiro atoms. The summed E-state index contributed by atoms with van der Waals surface area (Å²) < 4.78 is 6.94. The lowest BCUT2D eigenvalue weighted by atomic mass is 10.1. The first-order valence-corrected chi connectivity index (χ1v) is 9.79. The third-order valence-corrected chi connectivity index (χ3v) is 5.39. The number of ether oxygens (including phenoxy) is 1. The van der Waals surface area contributed by atoms with Crippen LogP contribution in [0.5, 0.6) is 5.75 Å². The molecule has 0 radical (unpaired) electrons. The van der Waals surface area contributed by atoms with Crippen molar-refractivity contribution >= 4 is 33.2 Å². The Hall–Kier alpha value is -3.42. The van der Waals surface area contributed by atoms with Crippen molar-refractivity contribution in [3.63, 3.8) is 0 Å². The molecule has 0 atom stereocenters. The quantitative estimate of drug-likeness (QED) is 0.383. The van der Waals surface area contributed by atoms with Gasteiger partial charge in [0.1, 0.15) is 23.4 Å². The highest BCUT2D eigenvalue weighted by atomic mass is 32.1. The van der Waals surface area contributed by atoms with E-state index in [0.717, 1.165) is 32.1 Å². The van der Waals surface area contributed by atoms with E-state index in [9.17, 15) is 5.26 Å². The second-order valence-electron chi connectivity index (χ2n) is 6.50. The van der Waals surface area contributed by atoms with Crippen LogP contribution in [0.25, 0.3) is 21.9 Å². The second kappa shape index (κ2) is 8.08. The van der Waals surface area contributed by atoms with Crippen LogP contribution in [0.3, 0.4) is 0 Å². The molecule has 0 bridgehead atoms. The van der Waals surface area contributed by atoms with Gasteiger partial charge in [-0.2, -0.15) is 5.26 Å². The molecule has 136 valence electrons. The van der Waals surface area contributed by atoms with Gasteiger partial charge in [0, 0.05) is 0 Å². The Balaban J connectivity index is 1.50. The molecule has 0 aliphatic heterocycles. The van der Waals surface area contributed by atoms with Crippen LogP contribution in [0, 0.1) is 18.3 Å². The first-order chi connectivity index (χ1) is 13.7. The summed E-state index contributed by atoms with van der Waals surface area (Å²) >= 11 is 1.53. The van der Waals surface area contributed by atoms with E-state index in [0.29, 0.717) is 12.2 Å². The molecular formula is C24H18N2OS. The molecule has 0 aliphatic carbocycles. The van der Waals surface area contributed by atoms with Crippen molar-refractivity contribution < 1.29 is 4.74 Å². The van der Waals surface area contributed by atoms with Crippen LogP contribution < -0.4 is 4.74 Å². The van der Waals surface area contributed by atoms with E-state index >= 15 is 0 Å². The molecule has 4 heteroatoms. The van der Waals surface area contributed by atoms with Crippen molar-refractivity contribution in [1.82, 2.24) is 4.98 Å². The number of allylic oxidation sites excluding steroid dienone is 1. The summed E-state index contributed by atoms with van der Waals surface area (Å²) in [4.78, 5) is 4.57. The van der Waals surface area contributed by atoms with E-state index in [-0.39, 0.29) is 0 Å². The average molecular weight is 382 g/mol. The monoisotopic (exact) mass is 382 g/mol. The molecule has 0 saturated heterocycles. The van der Waals surface area contributed by atoms with Gasteiger partial charge in [-0.25, -0.2) is 4.98 Å². The molecule has 4 aromatic rings. The van der Waals surface area contributed by atoms with Crippen molar-refractivity contribution in [1.29, 1.82) is 5.26 Å². The van der Waals surface area contributed by atoms with Gasteiger partial charge in [-0.3, -0.25) is 0 Å². The predicted molar refractivity (Wildman–Crippen MR) is 115 cm³/mol. The van der Waals surface area contributed by atoms with Crippen molar-refractivity contribution in [3.8, 4) is 11.8 Å². The number of benzene rings is 3. The zero-order valence-corrected chi connectivity index (χ0v) is 16.2. The smallest absolute Gasteiger partial charge is 0.135 e. The summed E-state index contributed by atoms with van der Waals surface area (Å²) in [6.07, 6.45) is 1.86. The van der Waals surface area contributed by atoms with E-state index in [1.165, 1.54) is 16.9 Å². The average Bonchev–Trinajstić information content (AvgIpc) is 3.15. The van der Waals surface area contributed by atoms with Gasteiger partial charge in [-0.15, -0.1) is 11.3 Å². The number of fused-ring (bicyclic) bond motifs is 1. The van der Waals surface area contributed by atoms with Crippen molar-refractivity contribution in [2.75, 3.05) is 0 Å². The van der Waals surface area contributed by atoms with Crippen LogP contribution in [0.2, 0.25) is 0 Å². The molecule has 0 unspecified atom stereocenters. The van der Waals surface area contributed by atoms with Gasteiger partial charge in [-0.05, 0) is 48.4 Å². The first-order valence-electron chi connectivity index (χ1n) is 8.97. The molecule has 0 N–H and O–H groups in total. The number of nitrogens with zero attached hydrogens (tertiary/aromatic N) is 2. The van der Waals surface area contributed by atoms with Gasteiger partial charge in [-0.1, -0.05) is 54.1 Å². The molecule has 0 saturated carbocycles. The van der Waals surface area contributed by atoms with Crippen molar-refractivity contribution in [2.45, 2.75) is 13.5 Å². The Morgan fingerprint density at radius 3 is 2.64 bits per heavy atom. The van der Waals surface area contributed by atoms with Crippen molar-refractivity contribution in [3.05, 3.63) is 94.5 Å². The van der Waals surface area contributed by atoms with E-state index in [4.69, 9.17) is 4.74 Å². The van der Waals surface area contributed by atoms with Gasteiger partial charge in [0.25, 0.3) is 0 Å². The number of hydrogen-bond donors (Lipinski definition) is 0. The van der Waals surface area contributed by atoms with Gasteiger partial charge < -0.3 is 4.74 Å². The van der Waals surface area contributed by atoms with Crippen LogP contribution in [0.1, 0.15) is 21.7 Å². The predicted octanol–water partition coefficient (Wildman–Crippen LogP) is 6.25. The van der Waals surface area contributed by atoms with Crippen LogP contribution in [0.15, 0.2) is 72.8 Å². The standard InChI is InChI=1S/C24H18N2OS/c1-17-5-4-6-19(13-17)16-27-21-11-9-18(10-12-21)14-20(15-25)24-26-22-7-2-3-8-23(22)28-24/h2-14H,16H2,1H3. The fraction of sp³-hybridized carbons (Fsp3) is 0.0833. The van der Waals surface area contributed by atoms with E-state index in [1.807, 2.05) is 60.7 Å². The number of hydrogen-bond acceptors (Lipinski definition) is 4. The summed E-state index contributed by atoms with van der Waals surface area (Å²) in [5.41, 5.74) is 4.80. The van der Waals surface area contributed by atoms with Gasteiger partial charge >= 0.3 is 0 Å². The second-order valence-corrected chi connectivity index (χ2v) is 7.53. The van der Waals surface area contributed by atoms with E-state index in [2.05, 4.69) is 36.2 Å². The topological polar surface area (TPSA) is 45.9 Å². The Kier molecular flexibility index (Phi) is 5.18. The lowest BCUT2D eigenvalue weighted by Crippen LogP contribution is -1.95. The Morgan fingerprint density at radius 1 is 1.07 bits per heavy atom. The molecule has 1 heterocycles. The summed E-state index contributed by atoms with van der Waals surface area (Å²) in [5.74, 6) is 0.803. The number of thiazole rings is 1. The third-order valence-electron chi connectivity index (χ3n) is 4.32. The number of aryl methyl sites for hydroxylation is 1. The van der Waals surface area contributed by atoms with Gasteiger partial charge in [0.15, 0.2) is 0 Å². The minimum atomic E-state index is 0.534. The summed E-state index contributed by atoms with van der Waals surface area (Å²) in [5, 5.41) is 10.3. The number of nitriles is 1. The lowest BCUT2D eigenvalue weighted by molar-refractivity contribution is 0.306. The molecule has 0 aliphatic rings. The first kappa shape index (κ1) is 18.0. The lowest BCUT2D eigenvalue weighted by Gasteiger charge is -2.07. The minimum Gasteiger partial charge on any atom is -0.489 e. The zero-order valence-electron chi connectivity index (χ0n) is 15.4. The SMILES string of the molecule is Cc1cccc(COc2ccc(C=C(C#N)c3nc4ccccc4s3)cc2)c1. The van der Waals surface area contributed by atoms with Crippen LogP contribution in [-0.2, 0) is 6.61 Å². The summed E-state index contributed by atoms with van der Waals surface area (Å²) in [6.45, 7) is 2.61. The maximum Gasteiger partial charge on any atom is 0.135 e. The Bertz CT molecular complexity index is 1150. The van der Waals surface area contributed by atoms with Crippen LogP contribution in [-0.4, -0.2) is 4.98 Å². The molecule has 4 rings (SSSR count). The van der Waals surface area contributed by atoms with Crippen LogP contribution in [0.4, 0.5) is 0 Å². The molecule has 1 aromatic heterocycles. The zero-order chi connectivity index (χ0) is 19.3. The molecular weight excluding hydrogens is 364 g/mol. The molecule has 28 heavy (non-hydrogen) atoms. The summed E-state index contributed by atoms with van der Waals surface area (Å²) in [7, 11) is 0. The minimum absolute atomic E-state index is 0.534. The fourth-order valence-corrected chi connectivity index (χ4v) is 3.86.